The molecule has 0 spiro atoms. The SMILES string of the molecule is CC[C@H](NC(=O)N1CCC(N2CCOCC2)CC1)c1ccnn1C. The lowest BCUT2D eigenvalue weighted by atomic mass is 10.0. The lowest BCUT2D eigenvalue weighted by Crippen LogP contribution is -2.52. The molecule has 1 aromatic heterocycles. The second-order valence-electron chi connectivity index (χ2n) is 6.66. The van der Waals surface area contributed by atoms with Crippen LogP contribution in [0.25, 0.3) is 0 Å². The lowest BCUT2D eigenvalue weighted by Gasteiger charge is -2.40. The van der Waals surface area contributed by atoms with E-state index in [2.05, 4.69) is 22.2 Å². The second kappa shape index (κ2) is 7.98. The first-order valence-electron chi connectivity index (χ1n) is 9.04. The number of aromatic nitrogens is 2. The normalized spacial score (nSPS) is 21.7. The van der Waals surface area contributed by atoms with Gasteiger partial charge in [0.05, 0.1) is 24.9 Å². The first-order valence-corrected chi connectivity index (χ1v) is 9.04. The molecular weight excluding hydrogens is 306 g/mol. The number of morpholine rings is 1. The minimum Gasteiger partial charge on any atom is -0.379 e. The van der Waals surface area contributed by atoms with E-state index >= 15 is 0 Å². The van der Waals surface area contributed by atoms with Gasteiger partial charge in [-0.1, -0.05) is 6.92 Å². The van der Waals surface area contributed by atoms with Crippen LogP contribution in [0.4, 0.5) is 4.79 Å². The third-order valence-corrected chi connectivity index (χ3v) is 5.24. The molecule has 2 amide bonds. The van der Waals surface area contributed by atoms with Gasteiger partial charge in [0, 0.05) is 45.5 Å². The molecule has 0 aromatic carbocycles. The second-order valence-corrected chi connectivity index (χ2v) is 6.66. The Labute approximate surface area is 143 Å². The Hall–Kier alpha value is -1.60. The van der Waals surface area contributed by atoms with E-state index in [-0.39, 0.29) is 12.1 Å². The van der Waals surface area contributed by atoms with Gasteiger partial charge in [-0.05, 0) is 25.3 Å². The van der Waals surface area contributed by atoms with Gasteiger partial charge in [-0.15, -0.1) is 0 Å². The molecule has 0 aliphatic carbocycles. The number of piperidine rings is 1. The van der Waals surface area contributed by atoms with E-state index in [0.717, 1.165) is 64.3 Å². The number of hydrogen-bond acceptors (Lipinski definition) is 4. The predicted molar refractivity (Wildman–Crippen MR) is 91.8 cm³/mol. The van der Waals surface area contributed by atoms with E-state index < -0.39 is 0 Å². The predicted octanol–water partition coefficient (Wildman–Crippen LogP) is 1.38. The Bertz CT molecular complexity index is 533. The van der Waals surface area contributed by atoms with Crippen molar-refractivity contribution in [3.63, 3.8) is 0 Å². The number of nitrogens with zero attached hydrogens (tertiary/aromatic N) is 4. The van der Waals surface area contributed by atoms with Crippen LogP contribution in [0.2, 0.25) is 0 Å². The van der Waals surface area contributed by atoms with Crippen molar-refractivity contribution < 1.29 is 9.53 Å². The van der Waals surface area contributed by atoms with Crippen LogP contribution < -0.4 is 5.32 Å². The molecule has 2 fully saturated rings. The highest BCUT2D eigenvalue weighted by atomic mass is 16.5. The van der Waals surface area contributed by atoms with Crippen molar-refractivity contribution >= 4 is 6.03 Å². The number of amides is 2. The van der Waals surface area contributed by atoms with E-state index in [1.54, 1.807) is 6.20 Å². The van der Waals surface area contributed by atoms with Crippen LogP contribution in [0.1, 0.15) is 37.9 Å². The van der Waals surface area contributed by atoms with Crippen molar-refractivity contribution in [2.24, 2.45) is 7.05 Å². The van der Waals surface area contributed by atoms with Crippen LogP contribution in [-0.2, 0) is 11.8 Å². The van der Waals surface area contributed by atoms with Gasteiger partial charge in [-0.3, -0.25) is 9.58 Å². The summed E-state index contributed by atoms with van der Waals surface area (Å²) in [5.74, 6) is 0. The Balaban J connectivity index is 1.50. The fourth-order valence-corrected chi connectivity index (χ4v) is 3.73. The quantitative estimate of drug-likeness (QED) is 0.903. The van der Waals surface area contributed by atoms with Crippen LogP contribution in [0.5, 0.6) is 0 Å². The molecule has 0 unspecified atom stereocenters. The fraction of sp³-hybridized carbons (Fsp3) is 0.765. The van der Waals surface area contributed by atoms with Crippen LogP contribution in [0.3, 0.4) is 0 Å². The highest BCUT2D eigenvalue weighted by Gasteiger charge is 2.28. The maximum Gasteiger partial charge on any atom is 0.317 e. The van der Waals surface area contributed by atoms with Crippen LogP contribution in [-0.4, -0.2) is 71.0 Å². The van der Waals surface area contributed by atoms with E-state index in [0.29, 0.717) is 6.04 Å². The highest BCUT2D eigenvalue weighted by molar-refractivity contribution is 5.74. The minimum atomic E-state index is 0.0157. The third kappa shape index (κ3) is 3.89. The first-order chi connectivity index (χ1) is 11.7. The number of likely N-dealkylation sites (tertiary alicyclic amines) is 1. The number of urea groups is 1. The molecule has 0 radical (unpaired) electrons. The molecule has 7 nitrogen and oxygen atoms in total. The molecule has 24 heavy (non-hydrogen) atoms. The van der Waals surface area contributed by atoms with E-state index in [9.17, 15) is 4.79 Å². The summed E-state index contributed by atoms with van der Waals surface area (Å²) in [6.07, 6.45) is 4.74. The largest absolute Gasteiger partial charge is 0.379 e. The highest BCUT2D eigenvalue weighted by Crippen LogP contribution is 2.20. The van der Waals surface area contributed by atoms with Gasteiger partial charge in [0.15, 0.2) is 0 Å². The number of carbonyl (C=O) groups is 1. The van der Waals surface area contributed by atoms with Crippen LogP contribution >= 0.6 is 0 Å². The topological polar surface area (TPSA) is 62.6 Å². The van der Waals surface area contributed by atoms with E-state index in [1.165, 1.54) is 0 Å². The minimum absolute atomic E-state index is 0.0157. The summed E-state index contributed by atoms with van der Waals surface area (Å²) < 4.78 is 7.26. The smallest absolute Gasteiger partial charge is 0.317 e. The molecule has 2 aliphatic heterocycles. The molecule has 2 aliphatic rings. The van der Waals surface area contributed by atoms with Crippen molar-refractivity contribution in [3.05, 3.63) is 18.0 Å². The maximum atomic E-state index is 12.6. The summed E-state index contributed by atoms with van der Waals surface area (Å²) >= 11 is 0. The average molecular weight is 335 g/mol. The summed E-state index contributed by atoms with van der Waals surface area (Å²) in [5, 5.41) is 7.37. The van der Waals surface area contributed by atoms with Gasteiger partial charge >= 0.3 is 6.03 Å². The van der Waals surface area contributed by atoms with Gasteiger partial charge in [-0.2, -0.15) is 5.10 Å². The van der Waals surface area contributed by atoms with E-state index in [1.807, 2.05) is 22.7 Å². The van der Waals surface area contributed by atoms with Crippen LogP contribution in [0.15, 0.2) is 12.3 Å². The number of ether oxygens (including phenoxy) is 1. The van der Waals surface area contributed by atoms with Gasteiger partial charge in [0.1, 0.15) is 0 Å². The number of carbonyl (C=O) groups excluding carboxylic acids is 1. The zero-order chi connectivity index (χ0) is 16.9. The number of rotatable bonds is 4. The molecule has 1 N–H and O–H groups in total. The molecule has 134 valence electrons. The molecule has 2 saturated heterocycles. The summed E-state index contributed by atoms with van der Waals surface area (Å²) in [6, 6.07) is 2.63. The molecular formula is C17H29N5O2. The van der Waals surface area contributed by atoms with Gasteiger partial charge < -0.3 is 15.0 Å². The summed E-state index contributed by atoms with van der Waals surface area (Å²) in [4.78, 5) is 17.1. The third-order valence-electron chi connectivity index (χ3n) is 5.24. The Morgan fingerprint density at radius 2 is 2.04 bits per heavy atom. The zero-order valence-corrected chi connectivity index (χ0v) is 14.8. The molecule has 0 saturated carbocycles. The Morgan fingerprint density at radius 1 is 1.33 bits per heavy atom. The van der Waals surface area contributed by atoms with Crippen molar-refractivity contribution in [2.45, 2.75) is 38.3 Å². The molecule has 3 rings (SSSR count). The van der Waals surface area contributed by atoms with Gasteiger partial charge in [0.25, 0.3) is 0 Å². The first kappa shape index (κ1) is 17.2. The average Bonchev–Trinajstić information content (AvgIpc) is 3.06. The van der Waals surface area contributed by atoms with Crippen molar-refractivity contribution in [2.75, 3.05) is 39.4 Å². The van der Waals surface area contributed by atoms with E-state index in [4.69, 9.17) is 4.74 Å². The van der Waals surface area contributed by atoms with Gasteiger partial charge in [-0.25, -0.2) is 4.79 Å². The zero-order valence-electron chi connectivity index (χ0n) is 14.8. The van der Waals surface area contributed by atoms with Crippen molar-refractivity contribution in [1.29, 1.82) is 0 Å². The van der Waals surface area contributed by atoms with Gasteiger partial charge in [0.2, 0.25) is 0 Å². The molecule has 0 bridgehead atoms. The number of aryl methyl sites for hydroxylation is 1. The maximum absolute atomic E-state index is 12.6. The fourth-order valence-electron chi connectivity index (χ4n) is 3.73. The van der Waals surface area contributed by atoms with Crippen LogP contribution in [0, 0.1) is 0 Å². The molecule has 1 atom stereocenters. The summed E-state index contributed by atoms with van der Waals surface area (Å²) in [7, 11) is 1.91. The molecule has 7 heteroatoms. The Morgan fingerprint density at radius 3 is 2.62 bits per heavy atom. The monoisotopic (exact) mass is 335 g/mol. The van der Waals surface area contributed by atoms with Crippen molar-refractivity contribution in [1.82, 2.24) is 24.9 Å². The molecule has 1 aromatic rings. The Kier molecular flexibility index (Phi) is 5.73. The standard InChI is InChI=1S/C17H29N5O2/c1-3-15(16-4-7-18-20(16)2)19-17(23)22-8-5-14(6-9-22)21-10-12-24-13-11-21/h4,7,14-15H,3,5-6,8-13H2,1-2H3,(H,19,23)/t15-/m0/s1. The lowest BCUT2D eigenvalue weighted by molar-refractivity contribution is 0.00372. The van der Waals surface area contributed by atoms with Crippen molar-refractivity contribution in [3.8, 4) is 0 Å². The summed E-state index contributed by atoms with van der Waals surface area (Å²) in [6.45, 7) is 7.46. The number of hydrogen-bond donors (Lipinski definition) is 1. The summed E-state index contributed by atoms with van der Waals surface area (Å²) in [5.41, 5.74) is 1.05. The number of nitrogens with one attached hydrogen (secondary N) is 1. The molecule has 3 heterocycles.